The van der Waals surface area contributed by atoms with Crippen LogP contribution in [-0.2, 0) is 18.2 Å². The first-order chi connectivity index (χ1) is 9.78. The van der Waals surface area contributed by atoms with Gasteiger partial charge in [0.25, 0.3) is 0 Å². The molecule has 0 amide bonds. The minimum atomic E-state index is 0.807. The predicted molar refractivity (Wildman–Crippen MR) is 90.1 cm³/mol. The molecule has 1 aliphatic rings. The normalized spacial score (nSPS) is 14.8. The standard InChI is InChI=1S/C17H17BrClN/c18-12-15-11-16(19)5-6-17(15)20-9-7-13-3-1-2-4-14(13)8-10-20/h1-6,11H,7-10,12H2. The van der Waals surface area contributed by atoms with E-state index in [1.807, 2.05) is 6.07 Å². The van der Waals surface area contributed by atoms with Gasteiger partial charge < -0.3 is 4.90 Å². The summed E-state index contributed by atoms with van der Waals surface area (Å²) < 4.78 is 0. The van der Waals surface area contributed by atoms with Crippen molar-refractivity contribution in [2.24, 2.45) is 0 Å². The Labute approximate surface area is 133 Å². The molecule has 20 heavy (non-hydrogen) atoms. The summed E-state index contributed by atoms with van der Waals surface area (Å²) in [6.45, 7) is 2.14. The Morgan fingerprint density at radius 2 is 1.65 bits per heavy atom. The van der Waals surface area contributed by atoms with E-state index in [1.54, 1.807) is 0 Å². The molecule has 0 atom stereocenters. The minimum absolute atomic E-state index is 0.807. The second kappa shape index (κ2) is 6.19. The van der Waals surface area contributed by atoms with Crippen molar-refractivity contribution in [1.82, 2.24) is 0 Å². The van der Waals surface area contributed by atoms with Crippen LogP contribution >= 0.6 is 27.5 Å². The van der Waals surface area contributed by atoms with Gasteiger partial charge in [-0.1, -0.05) is 51.8 Å². The Kier molecular flexibility index (Phi) is 4.32. The average Bonchev–Trinajstić information content (AvgIpc) is 2.70. The van der Waals surface area contributed by atoms with Gasteiger partial charge in [0, 0.05) is 29.1 Å². The summed E-state index contributed by atoms with van der Waals surface area (Å²) >= 11 is 9.67. The van der Waals surface area contributed by atoms with Crippen LogP contribution in [-0.4, -0.2) is 13.1 Å². The molecule has 0 aliphatic carbocycles. The zero-order valence-electron chi connectivity index (χ0n) is 11.3. The fourth-order valence-corrected chi connectivity index (χ4v) is 3.52. The number of hydrogen-bond acceptors (Lipinski definition) is 1. The average molecular weight is 351 g/mol. The summed E-state index contributed by atoms with van der Waals surface area (Å²) in [7, 11) is 0. The lowest BCUT2D eigenvalue weighted by atomic mass is 10.0. The van der Waals surface area contributed by atoms with Gasteiger partial charge in [-0.3, -0.25) is 0 Å². The molecule has 0 saturated heterocycles. The Balaban J connectivity index is 1.87. The van der Waals surface area contributed by atoms with E-state index in [9.17, 15) is 0 Å². The van der Waals surface area contributed by atoms with E-state index in [1.165, 1.54) is 22.4 Å². The number of fused-ring (bicyclic) bond motifs is 1. The molecule has 3 rings (SSSR count). The first-order valence-corrected chi connectivity index (χ1v) is 8.44. The largest absolute Gasteiger partial charge is 0.371 e. The SMILES string of the molecule is Clc1ccc(N2CCc3ccccc3CC2)c(CBr)c1. The van der Waals surface area contributed by atoms with E-state index in [-0.39, 0.29) is 0 Å². The van der Waals surface area contributed by atoms with Crippen molar-refractivity contribution in [2.45, 2.75) is 18.2 Å². The topological polar surface area (TPSA) is 3.24 Å². The molecule has 0 spiro atoms. The first kappa shape index (κ1) is 14.0. The van der Waals surface area contributed by atoms with Crippen molar-refractivity contribution in [2.75, 3.05) is 18.0 Å². The van der Waals surface area contributed by atoms with Gasteiger partial charge in [0.1, 0.15) is 0 Å². The summed E-state index contributed by atoms with van der Waals surface area (Å²) in [6, 6.07) is 15.0. The highest BCUT2D eigenvalue weighted by atomic mass is 79.9. The lowest BCUT2D eigenvalue weighted by molar-refractivity contribution is 0.802. The molecule has 1 nitrogen and oxygen atoms in total. The van der Waals surface area contributed by atoms with Gasteiger partial charge in [-0.15, -0.1) is 0 Å². The Hall–Kier alpha value is -0.990. The van der Waals surface area contributed by atoms with Crippen LogP contribution in [0.15, 0.2) is 42.5 Å². The molecule has 0 radical (unpaired) electrons. The van der Waals surface area contributed by atoms with E-state index in [4.69, 9.17) is 11.6 Å². The van der Waals surface area contributed by atoms with Crippen molar-refractivity contribution in [3.8, 4) is 0 Å². The summed E-state index contributed by atoms with van der Waals surface area (Å²) in [4.78, 5) is 2.48. The fourth-order valence-electron chi connectivity index (χ4n) is 2.88. The Morgan fingerprint density at radius 3 is 2.25 bits per heavy atom. The summed E-state index contributed by atoms with van der Waals surface area (Å²) in [6.07, 6.45) is 2.22. The molecule has 2 aromatic rings. The van der Waals surface area contributed by atoms with Crippen LogP contribution in [0.1, 0.15) is 16.7 Å². The third-order valence-electron chi connectivity index (χ3n) is 3.95. The van der Waals surface area contributed by atoms with Crippen molar-refractivity contribution in [3.05, 3.63) is 64.2 Å². The number of anilines is 1. The number of nitrogens with zero attached hydrogens (tertiary/aromatic N) is 1. The highest BCUT2D eigenvalue weighted by molar-refractivity contribution is 9.08. The summed E-state index contributed by atoms with van der Waals surface area (Å²) in [5.41, 5.74) is 5.55. The molecule has 3 heteroatoms. The van der Waals surface area contributed by atoms with Gasteiger partial charge in [0.15, 0.2) is 0 Å². The van der Waals surface area contributed by atoms with Gasteiger partial charge in [0.05, 0.1) is 0 Å². The lowest BCUT2D eigenvalue weighted by Gasteiger charge is -2.25. The van der Waals surface area contributed by atoms with Crippen molar-refractivity contribution < 1.29 is 0 Å². The van der Waals surface area contributed by atoms with Crippen LogP contribution in [0.3, 0.4) is 0 Å². The lowest BCUT2D eigenvalue weighted by Crippen LogP contribution is -2.26. The number of hydrogen-bond donors (Lipinski definition) is 0. The second-order valence-electron chi connectivity index (χ2n) is 5.16. The van der Waals surface area contributed by atoms with Crippen LogP contribution in [0.4, 0.5) is 5.69 Å². The fraction of sp³-hybridized carbons (Fsp3) is 0.294. The van der Waals surface area contributed by atoms with E-state index in [0.29, 0.717) is 0 Å². The van der Waals surface area contributed by atoms with Crippen molar-refractivity contribution >= 4 is 33.2 Å². The molecule has 0 aromatic heterocycles. The zero-order valence-corrected chi connectivity index (χ0v) is 13.6. The minimum Gasteiger partial charge on any atom is -0.371 e. The Bertz CT molecular complexity index is 585. The van der Waals surface area contributed by atoms with Crippen LogP contribution in [0.25, 0.3) is 0 Å². The van der Waals surface area contributed by atoms with Gasteiger partial charge in [-0.05, 0) is 47.7 Å². The molecule has 0 N–H and O–H groups in total. The van der Waals surface area contributed by atoms with Gasteiger partial charge in [-0.25, -0.2) is 0 Å². The molecule has 0 saturated carbocycles. The molecule has 0 unspecified atom stereocenters. The van der Waals surface area contributed by atoms with E-state index in [2.05, 4.69) is 57.2 Å². The number of halogens is 2. The molecule has 2 aromatic carbocycles. The third-order valence-corrected chi connectivity index (χ3v) is 4.79. The van der Waals surface area contributed by atoms with Gasteiger partial charge >= 0.3 is 0 Å². The highest BCUT2D eigenvalue weighted by Crippen LogP contribution is 2.28. The van der Waals surface area contributed by atoms with Crippen molar-refractivity contribution in [3.63, 3.8) is 0 Å². The molecular weight excluding hydrogens is 334 g/mol. The second-order valence-corrected chi connectivity index (χ2v) is 6.16. The van der Waals surface area contributed by atoms with Gasteiger partial charge in [-0.2, -0.15) is 0 Å². The van der Waals surface area contributed by atoms with E-state index >= 15 is 0 Å². The van der Waals surface area contributed by atoms with Crippen molar-refractivity contribution in [1.29, 1.82) is 0 Å². The molecule has 0 fully saturated rings. The third kappa shape index (κ3) is 2.87. The number of rotatable bonds is 2. The Morgan fingerprint density at radius 1 is 1.00 bits per heavy atom. The van der Waals surface area contributed by atoms with Crippen LogP contribution in [0, 0.1) is 0 Å². The van der Waals surface area contributed by atoms with E-state index in [0.717, 1.165) is 36.3 Å². The molecule has 0 bridgehead atoms. The first-order valence-electron chi connectivity index (χ1n) is 6.94. The summed E-state index contributed by atoms with van der Waals surface area (Å²) in [5, 5.41) is 1.65. The monoisotopic (exact) mass is 349 g/mol. The van der Waals surface area contributed by atoms with Crippen LogP contribution < -0.4 is 4.90 Å². The van der Waals surface area contributed by atoms with E-state index < -0.39 is 0 Å². The predicted octanol–water partition coefficient (Wildman–Crippen LogP) is 4.84. The molecular formula is C17H17BrClN. The smallest absolute Gasteiger partial charge is 0.0410 e. The zero-order chi connectivity index (χ0) is 13.9. The molecule has 104 valence electrons. The maximum Gasteiger partial charge on any atom is 0.0410 e. The van der Waals surface area contributed by atoms with Crippen LogP contribution in [0.5, 0.6) is 0 Å². The van der Waals surface area contributed by atoms with Crippen LogP contribution in [0.2, 0.25) is 5.02 Å². The maximum atomic E-state index is 6.10. The molecule has 1 heterocycles. The van der Waals surface area contributed by atoms with Gasteiger partial charge in [0.2, 0.25) is 0 Å². The highest BCUT2D eigenvalue weighted by Gasteiger charge is 2.16. The quantitative estimate of drug-likeness (QED) is 0.701. The maximum absolute atomic E-state index is 6.10. The summed E-state index contributed by atoms with van der Waals surface area (Å²) in [5.74, 6) is 0. The molecule has 1 aliphatic heterocycles. The number of benzene rings is 2. The number of alkyl halides is 1.